The minimum atomic E-state index is -0.888. The van der Waals surface area contributed by atoms with E-state index in [1.165, 1.54) is 6.07 Å². The standard InChI is InChI=1S/C17H27NO3.C15H10O7.ClH/c1-2-3-12-20-16-5-7-17(8-6-16)21-13-4-9-18-10-14-19-15-11-18;16-7-4-10(19)12-11(5-7)22-15(14(21)13(12)20)6-1-2-8(17)9(18)3-6;/h5-8H,2-4,9-15H2,1H3;1-5,16-19,21H;1H. The number of phenolic OH excluding ortho intramolecular Hbond substituents is 4. The number of phenols is 4. The molecule has 1 aliphatic rings. The van der Waals surface area contributed by atoms with Gasteiger partial charge in [-0.15, -0.1) is 12.4 Å². The zero-order valence-electron chi connectivity index (χ0n) is 24.4. The summed E-state index contributed by atoms with van der Waals surface area (Å²) in [6.45, 7) is 8.61. The van der Waals surface area contributed by atoms with Crippen LogP contribution in [0.3, 0.4) is 0 Å². The molecule has 0 saturated carbocycles. The van der Waals surface area contributed by atoms with Gasteiger partial charge in [0, 0.05) is 37.3 Å². The summed E-state index contributed by atoms with van der Waals surface area (Å²) >= 11 is 0. The van der Waals surface area contributed by atoms with Crippen LogP contribution in [0.1, 0.15) is 26.2 Å². The maximum absolute atomic E-state index is 12.1. The molecule has 1 aliphatic heterocycles. The molecule has 1 aromatic heterocycles. The van der Waals surface area contributed by atoms with Crippen molar-refractivity contribution in [2.24, 2.45) is 0 Å². The summed E-state index contributed by atoms with van der Waals surface area (Å²) in [5, 5.41) is 47.6. The molecular formula is C32H38ClNO10. The maximum atomic E-state index is 12.1. The van der Waals surface area contributed by atoms with Gasteiger partial charge >= 0.3 is 0 Å². The Morgan fingerprint density at radius 2 is 1.43 bits per heavy atom. The van der Waals surface area contributed by atoms with Crippen molar-refractivity contribution in [1.82, 2.24) is 4.90 Å². The Balaban J connectivity index is 0.000000235. The monoisotopic (exact) mass is 631 g/mol. The summed E-state index contributed by atoms with van der Waals surface area (Å²) in [5.74, 6) is -0.877. The third-order valence-corrected chi connectivity index (χ3v) is 6.75. The van der Waals surface area contributed by atoms with Crippen molar-refractivity contribution >= 4 is 23.4 Å². The number of rotatable bonds is 10. The smallest absolute Gasteiger partial charge is 0.238 e. The molecule has 0 amide bonds. The van der Waals surface area contributed by atoms with Gasteiger partial charge < -0.3 is 44.2 Å². The average Bonchev–Trinajstić information content (AvgIpc) is 3.00. The molecule has 0 spiro atoms. The van der Waals surface area contributed by atoms with E-state index in [4.69, 9.17) is 18.6 Å². The fourth-order valence-corrected chi connectivity index (χ4v) is 4.40. The first-order chi connectivity index (χ1) is 20.8. The van der Waals surface area contributed by atoms with Gasteiger partial charge in [0.1, 0.15) is 34.0 Å². The minimum absolute atomic E-state index is 0. The molecule has 5 rings (SSSR count). The van der Waals surface area contributed by atoms with Crippen molar-refractivity contribution in [1.29, 1.82) is 0 Å². The van der Waals surface area contributed by atoms with Gasteiger partial charge in [-0.1, -0.05) is 13.3 Å². The number of hydrogen-bond acceptors (Lipinski definition) is 11. The average molecular weight is 632 g/mol. The molecular weight excluding hydrogens is 594 g/mol. The molecule has 0 aliphatic carbocycles. The van der Waals surface area contributed by atoms with Gasteiger partial charge in [0.25, 0.3) is 0 Å². The Bertz CT molecular complexity index is 1550. The molecule has 3 aromatic carbocycles. The highest BCUT2D eigenvalue weighted by Gasteiger charge is 2.19. The fraction of sp³-hybridized carbons (Fsp3) is 0.344. The first kappa shape index (κ1) is 34.2. The van der Waals surface area contributed by atoms with Gasteiger partial charge in [-0.05, 0) is 55.3 Å². The van der Waals surface area contributed by atoms with Crippen molar-refractivity contribution in [3.05, 3.63) is 64.8 Å². The molecule has 1 saturated heterocycles. The lowest BCUT2D eigenvalue weighted by Crippen LogP contribution is -2.37. The van der Waals surface area contributed by atoms with Crippen molar-refractivity contribution < 1.29 is 44.2 Å². The SMILES string of the molecule is CCCCOc1ccc(OCCCN2CCOCC2)cc1.Cl.O=c1c(O)c(-c2ccc(O)c(O)c2)oc2cc(O)cc(O)c12. The number of aromatic hydroxyl groups is 5. The third kappa shape index (κ3) is 9.09. The van der Waals surface area contributed by atoms with E-state index >= 15 is 0 Å². The van der Waals surface area contributed by atoms with Crippen LogP contribution >= 0.6 is 12.4 Å². The molecule has 2 heterocycles. The summed E-state index contributed by atoms with van der Waals surface area (Å²) in [6.07, 6.45) is 3.30. The lowest BCUT2D eigenvalue weighted by atomic mass is 10.1. The van der Waals surface area contributed by atoms with Crippen molar-refractivity contribution in [3.8, 4) is 51.6 Å². The summed E-state index contributed by atoms with van der Waals surface area (Å²) in [5.41, 5.74) is -0.890. The number of nitrogens with zero attached hydrogens (tertiary/aromatic N) is 1. The van der Waals surface area contributed by atoms with E-state index in [1.54, 1.807) is 0 Å². The molecule has 1 fully saturated rings. The Hall–Kier alpha value is -4.32. The zero-order valence-corrected chi connectivity index (χ0v) is 25.2. The second-order valence-electron chi connectivity index (χ2n) is 9.98. The summed E-state index contributed by atoms with van der Waals surface area (Å²) in [4.78, 5) is 14.6. The van der Waals surface area contributed by atoms with Gasteiger partial charge in [-0.2, -0.15) is 0 Å². The Morgan fingerprint density at radius 3 is 2.05 bits per heavy atom. The van der Waals surface area contributed by atoms with Crippen LogP contribution in [0.25, 0.3) is 22.3 Å². The van der Waals surface area contributed by atoms with E-state index in [2.05, 4.69) is 11.8 Å². The lowest BCUT2D eigenvalue weighted by molar-refractivity contribution is 0.0358. The van der Waals surface area contributed by atoms with Gasteiger partial charge in [-0.3, -0.25) is 9.69 Å². The molecule has 5 N–H and O–H groups in total. The Kier molecular flexibility index (Phi) is 12.8. The quantitative estimate of drug-likeness (QED) is 0.113. The number of hydrogen-bond donors (Lipinski definition) is 5. The van der Waals surface area contributed by atoms with E-state index in [0.717, 1.165) is 101 Å². The number of halogens is 1. The number of ether oxygens (including phenoxy) is 3. The molecule has 44 heavy (non-hydrogen) atoms. The molecule has 0 unspecified atom stereocenters. The first-order valence-corrected chi connectivity index (χ1v) is 14.2. The van der Waals surface area contributed by atoms with Gasteiger partial charge in [0.15, 0.2) is 17.3 Å². The summed E-state index contributed by atoms with van der Waals surface area (Å²) < 4.78 is 22.1. The number of fused-ring (bicyclic) bond motifs is 1. The molecule has 12 heteroatoms. The van der Waals surface area contributed by atoms with Crippen LogP contribution in [-0.4, -0.2) is 76.5 Å². The largest absolute Gasteiger partial charge is 0.508 e. The maximum Gasteiger partial charge on any atom is 0.238 e. The highest BCUT2D eigenvalue weighted by atomic mass is 35.5. The summed E-state index contributed by atoms with van der Waals surface area (Å²) in [6, 6.07) is 13.6. The van der Waals surface area contributed by atoms with E-state index in [9.17, 15) is 30.3 Å². The van der Waals surface area contributed by atoms with E-state index in [-0.39, 0.29) is 46.2 Å². The number of unbranched alkanes of at least 4 members (excludes halogenated alkanes) is 1. The van der Waals surface area contributed by atoms with Crippen LogP contribution in [-0.2, 0) is 4.74 Å². The third-order valence-electron chi connectivity index (χ3n) is 6.75. The van der Waals surface area contributed by atoms with E-state index in [0.29, 0.717) is 0 Å². The molecule has 0 atom stereocenters. The van der Waals surface area contributed by atoms with Crippen molar-refractivity contribution in [3.63, 3.8) is 0 Å². The minimum Gasteiger partial charge on any atom is -0.508 e. The number of benzene rings is 3. The van der Waals surface area contributed by atoms with Crippen LogP contribution in [0.4, 0.5) is 0 Å². The van der Waals surface area contributed by atoms with Gasteiger partial charge in [0.2, 0.25) is 11.2 Å². The predicted octanol–water partition coefficient (Wildman–Crippen LogP) is 5.38. The lowest BCUT2D eigenvalue weighted by Gasteiger charge is -2.26. The highest BCUT2D eigenvalue weighted by molar-refractivity contribution is 5.88. The fourth-order valence-electron chi connectivity index (χ4n) is 4.40. The Morgan fingerprint density at radius 1 is 0.795 bits per heavy atom. The normalized spacial score (nSPS) is 13.0. The molecule has 4 aromatic rings. The van der Waals surface area contributed by atoms with Gasteiger partial charge in [0.05, 0.1) is 26.4 Å². The second-order valence-corrected chi connectivity index (χ2v) is 9.98. The van der Waals surface area contributed by atoms with Crippen LogP contribution < -0.4 is 14.9 Å². The molecule has 0 bridgehead atoms. The summed E-state index contributed by atoms with van der Waals surface area (Å²) in [7, 11) is 0. The number of morpholine rings is 1. The van der Waals surface area contributed by atoms with Crippen LogP contribution in [0, 0.1) is 0 Å². The molecule has 238 valence electrons. The topological polar surface area (TPSA) is 162 Å². The Labute approximate surface area is 260 Å². The van der Waals surface area contributed by atoms with Gasteiger partial charge in [-0.25, -0.2) is 0 Å². The molecule has 11 nitrogen and oxygen atoms in total. The van der Waals surface area contributed by atoms with Crippen LogP contribution in [0.15, 0.2) is 63.8 Å². The highest BCUT2D eigenvalue weighted by Crippen LogP contribution is 2.37. The molecule has 0 radical (unpaired) electrons. The van der Waals surface area contributed by atoms with Crippen LogP contribution in [0.5, 0.6) is 40.2 Å². The second kappa shape index (κ2) is 16.5. The zero-order chi connectivity index (χ0) is 30.8. The first-order valence-electron chi connectivity index (χ1n) is 14.2. The van der Waals surface area contributed by atoms with E-state index < -0.39 is 22.7 Å². The van der Waals surface area contributed by atoms with Crippen molar-refractivity contribution in [2.45, 2.75) is 26.2 Å². The van der Waals surface area contributed by atoms with E-state index in [1.807, 2.05) is 24.3 Å². The van der Waals surface area contributed by atoms with Crippen molar-refractivity contribution in [2.75, 3.05) is 46.1 Å². The van der Waals surface area contributed by atoms with Crippen LogP contribution in [0.2, 0.25) is 0 Å². The predicted molar refractivity (Wildman–Crippen MR) is 168 cm³/mol.